The molecule has 3 unspecified atom stereocenters. The molecule has 1 spiro atoms. The second kappa shape index (κ2) is 8.38. The number of halogens is 1. The fourth-order valence-electron chi connectivity index (χ4n) is 6.54. The van der Waals surface area contributed by atoms with Gasteiger partial charge in [0.25, 0.3) is 0 Å². The van der Waals surface area contributed by atoms with Gasteiger partial charge in [0.1, 0.15) is 5.82 Å². The van der Waals surface area contributed by atoms with Crippen molar-refractivity contribution in [2.75, 3.05) is 19.6 Å². The van der Waals surface area contributed by atoms with E-state index in [1.54, 1.807) is 0 Å². The van der Waals surface area contributed by atoms with E-state index in [1.165, 1.54) is 48.9 Å². The van der Waals surface area contributed by atoms with Crippen molar-refractivity contribution < 1.29 is 9.18 Å². The number of carbonyl (C=O) groups is 1. The molecule has 5 rings (SSSR count). The Balaban J connectivity index is 1.28. The average Bonchev–Trinajstić information content (AvgIpc) is 3.11. The molecule has 31 heavy (non-hydrogen) atoms. The molecule has 3 aliphatic rings. The summed E-state index contributed by atoms with van der Waals surface area (Å²) in [7, 11) is 0. The fourth-order valence-corrected chi connectivity index (χ4v) is 6.54. The van der Waals surface area contributed by atoms with Crippen molar-refractivity contribution in [1.29, 1.82) is 0 Å². The third-order valence-corrected chi connectivity index (χ3v) is 8.34. The SMILES string of the molecule is Cc1ccccc1C1CCCC(N2CCC3(CC2)C(=O)NCC3c2ccc(F)cc2)C1. The highest BCUT2D eigenvalue weighted by Gasteiger charge is 2.52. The molecular formula is C27H33FN2O. The molecule has 2 aromatic rings. The lowest BCUT2D eigenvalue weighted by molar-refractivity contribution is -0.131. The summed E-state index contributed by atoms with van der Waals surface area (Å²) in [5.74, 6) is 0.778. The summed E-state index contributed by atoms with van der Waals surface area (Å²) in [5, 5.41) is 3.12. The smallest absolute Gasteiger partial charge is 0.227 e. The van der Waals surface area contributed by atoms with Crippen LogP contribution in [0, 0.1) is 18.2 Å². The number of benzene rings is 2. The predicted octanol–water partition coefficient (Wildman–Crippen LogP) is 5.16. The van der Waals surface area contributed by atoms with Crippen molar-refractivity contribution >= 4 is 5.91 Å². The van der Waals surface area contributed by atoms with Crippen molar-refractivity contribution in [2.45, 2.75) is 63.3 Å². The minimum Gasteiger partial charge on any atom is -0.355 e. The first-order valence-corrected chi connectivity index (χ1v) is 11.9. The number of hydrogen-bond acceptors (Lipinski definition) is 2. The Morgan fingerprint density at radius 1 is 1.03 bits per heavy atom. The van der Waals surface area contributed by atoms with Crippen molar-refractivity contribution in [3.05, 3.63) is 71.0 Å². The molecule has 4 heteroatoms. The molecule has 0 radical (unpaired) electrons. The quantitative estimate of drug-likeness (QED) is 0.744. The van der Waals surface area contributed by atoms with Gasteiger partial charge in [-0.3, -0.25) is 4.79 Å². The van der Waals surface area contributed by atoms with Gasteiger partial charge in [-0.05, 0) is 86.9 Å². The number of aryl methyl sites for hydroxylation is 1. The van der Waals surface area contributed by atoms with E-state index in [-0.39, 0.29) is 23.1 Å². The number of carbonyl (C=O) groups excluding carboxylic acids is 1. The highest BCUT2D eigenvalue weighted by molar-refractivity contribution is 5.86. The normalized spacial score (nSPS) is 28.6. The maximum absolute atomic E-state index is 13.4. The molecule has 3 nitrogen and oxygen atoms in total. The summed E-state index contributed by atoms with van der Waals surface area (Å²) in [6, 6.07) is 16.2. The Morgan fingerprint density at radius 3 is 2.52 bits per heavy atom. The summed E-state index contributed by atoms with van der Waals surface area (Å²) in [4.78, 5) is 15.6. The molecule has 3 fully saturated rings. The number of likely N-dealkylation sites (tertiary alicyclic amines) is 1. The molecule has 2 saturated heterocycles. The summed E-state index contributed by atoms with van der Waals surface area (Å²) in [6.07, 6.45) is 6.85. The number of amides is 1. The van der Waals surface area contributed by atoms with Gasteiger partial charge in [-0.1, -0.05) is 42.8 Å². The third kappa shape index (κ3) is 3.80. The summed E-state index contributed by atoms with van der Waals surface area (Å²) in [5.41, 5.74) is 3.69. The highest BCUT2D eigenvalue weighted by atomic mass is 19.1. The minimum absolute atomic E-state index is 0.147. The number of hydrogen-bond donors (Lipinski definition) is 1. The van der Waals surface area contributed by atoms with Crippen LogP contribution in [0.2, 0.25) is 0 Å². The van der Waals surface area contributed by atoms with Crippen molar-refractivity contribution in [3.8, 4) is 0 Å². The lowest BCUT2D eigenvalue weighted by atomic mass is 9.67. The minimum atomic E-state index is -0.335. The average molecular weight is 421 g/mol. The zero-order chi connectivity index (χ0) is 21.4. The van der Waals surface area contributed by atoms with Gasteiger partial charge in [-0.2, -0.15) is 0 Å². The Bertz CT molecular complexity index is 933. The van der Waals surface area contributed by atoms with Crippen molar-refractivity contribution in [3.63, 3.8) is 0 Å². The standard InChI is InChI=1S/C27H33FN2O/c1-19-5-2-3-8-24(19)21-6-4-7-23(17-21)30-15-13-27(14-16-30)25(18-29-26(27)31)20-9-11-22(28)12-10-20/h2-3,5,8-12,21,23,25H,4,6-7,13-18H2,1H3,(H,29,31). The van der Waals surface area contributed by atoms with Gasteiger partial charge >= 0.3 is 0 Å². The third-order valence-electron chi connectivity index (χ3n) is 8.34. The van der Waals surface area contributed by atoms with E-state index >= 15 is 0 Å². The van der Waals surface area contributed by atoms with E-state index < -0.39 is 0 Å². The van der Waals surface area contributed by atoms with Crippen LogP contribution in [0.25, 0.3) is 0 Å². The van der Waals surface area contributed by atoms with E-state index in [0.717, 1.165) is 31.5 Å². The summed E-state index contributed by atoms with van der Waals surface area (Å²) >= 11 is 0. The monoisotopic (exact) mass is 420 g/mol. The Kier molecular flexibility index (Phi) is 5.60. The number of nitrogens with zero attached hydrogens (tertiary/aromatic N) is 1. The largest absolute Gasteiger partial charge is 0.355 e. The molecule has 2 aliphatic heterocycles. The molecule has 0 bridgehead atoms. The zero-order valence-electron chi connectivity index (χ0n) is 18.4. The van der Waals surface area contributed by atoms with Gasteiger partial charge in [-0.25, -0.2) is 4.39 Å². The Labute approximate surface area is 185 Å². The van der Waals surface area contributed by atoms with Crippen LogP contribution in [0.15, 0.2) is 48.5 Å². The van der Waals surface area contributed by atoms with Crippen LogP contribution in [0.3, 0.4) is 0 Å². The molecule has 1 N–H and O–H groups in total. The van der Waals surface area contributed by atoms with E-state index in [1.807, 2.05) is 12.1 Å². The van der Waals surface area contributed by atoms with E-state index in [0.29, 0.717) is 18.5 Å². The fraction of sp³-hybridized carbons (Fsp3) is 0.519. The van der Waals surface area contributed by atoms with Gasteiger partial charge in [0, 0.05) is 18.5 Å². The van der Waals surface area contributed by atoms with Crippen molar-refractivity contribution in [1.82, 2.24) is 10.2 Å². The van der Waals surface area contributed by atoms with Crippen LogP contribution in [0.4, 0.5) is 4.39 Å². The molecule has 0 aromatic heterocycles. The van der Waals surface area contributed by atoms with Gasteiger partial charge in [0.15, 0.2) is 0 Å². The molecule has 164 valence electrons. The molecule has 2 aromatic carbocycles. The summed E-state index contributed by atoms with van der Waals surface area (Å²) < 4.78 is 13.4. The van der Waals surface area contributed by atoms with Crippen molar-refractivity contribution in [2.24, 2.45) is 5.41 Å². The second-order valence-corrected chi connectivity index (χ2v) is 9.88. The Morgan fingerprint density at radius 2 is 1.77 bits per heavy atom. The summed E-state index contributed by atoms with van der Waals surface area (Å²) in [6.45, 7) is 4.87. The maximum Gasteiger partial charge on any atom is 0.227 e. The van der Waals surface area contributed by atoms with Gasteiger partial charge in [0.2, 0.25) is 5.91 Å². The Hall–Kier alpha value is -2.20. The molecule has 1 aliphatic carbocycles. The molecule has 1 amide bonds. The van der Waals surface area contributed by atoms with E-state index in [2.05, 4.69) is 41.4 Å². The van der Waals surface area contributed by atoms with Crippen LogP contribution in [0.1, 0.15) is 67.1 Å². The van der Waals surface area contributed by atoms with Gasteiger partial charge in [-0.15, -0.1) is 0 Å². The van der Waals surface area contributed by atoms with Gasteiger partial charge in [0.05, 0.1) is 5.41 Å². The lowest BCUT2D eigenvalue weighted by Gasteiger charge is -2.46. The first-order valence-electron chi connectivity index (χ1n) is 11.9. The molecule has 2 heterocycles. The van der Waals surface area contributed by atoms with E-state index in [4.69, 9.17) is 0 Å². The van der Waals surface area contributed by atoms with E-state index in [9.17, 15) is 9.18 Å². The number of piperidine rings is 1. The second-order valence-electron chi connectivity index (χ2n) is 9.88. The molecule has 1 saturated carbocycles. The van der Waals surface area contributed by atoms with Crippen LogP contribution in [0.5, 0.6) is 0 Å². The molecule has 3 atom stereocenters. The van der Waals surface area contributed by atoms with Crippen LogP contribution < -0.4 is 5.32 Å². The van der Waals surface area contributed by atoms with Gasteiger partial charge < -0.3 is 10.2 Å². The lowest BCUT2D eigenvalue weighted by Crippen LogP contribution is -2.50. The number of rotatable bonds is 3. The molecular weight excluding hydrogens is 387 g/mol. The first kappa shape index (κ1) is 20.7. The first-order chi connectivity index (χ1) is 15.1. The van der Waals surface area contributed by atoms with Crippen LogP contribution in [-0.2, 0) is 4.79 Å². The predicted molar refractivity (Wildman–Crippen MR) is 122 cm³/mol. The number of nitrogens with one attached hydrogen (secondary N) is 1. The van der Waals surface area contributed by atoms with Crippen LogP contribution >= 0.6 is 0 Å². The topological polar surface area (TPSA) is 32.3 Å². The van der Waals surface area contributed by atoms with Crippen LogP contribution in [-0.4, -0.2) is 36.5 Å². The zero-order valence-corrected chi connectivity index (χ0v) is 18.4. The maximum atomic E-state index is 13.4. The highest BCUT2D eigenvalue weighted by Crippen LogP contribution is 2.49.